The van der Waals surface area contributed by atoms with E-state index in [1.165, 1.54) is 0 Å². The number of halogens is 3. The number of amides is 1. The molecule has 0 aromatic heterocycles. The average molecular weight is 477 g/mol. The van der Waals surface area contributed by atoms with Gasteiger partial charge in [-0.05, 0) is 48.4 Å². The van der Waals surface area contributed by atoms with Crippen molar-refractivity contribution in [2.75, 3.05) is 6.26 Å². The van der Waals surface area contributed by atoms with Crippen LogP contribution in [0.3, 0.4) is 0 Å². The lowest BCUT2D eigenvalue weighted by Crippen LogP contribution is -2.24. The topological polar surface area (TPSA) is 150 Å². The molecule has 0 spiro atoms. The normalized spacial score (nSPS) is 12.4. The number of aryl methyl sites for hydroxylation is 1. The molecule has 8 nitrogen and oxygen atoms in total. The number of sulfone groups is 2. The predicted octanol–water partition coefficient (Wildman–Crippen LogP) is 1.92. The van der Waals surface area contributed by atoms with Crippen LogP contribution in [0.4, 0.5) is 13.2 Å². The molecule has 2 aromatic rings. The number of hydrogen-bond acceptors (Lipinski definition) is 5. The zero-order chi connectivity index (χ0) is 23.8. The summed E-state index contributed by atoms with van der Waals surface area (Å²) in [7, 11) is -8.74. The average Bonchev–Trinajstić information content (AvgIpc) is 2.65. The van der Waals surface area contributed by atoms with Gasteiger partial charge in [0.15, 0.2) is 15.8 Å². The van der Waals surface area contributed by atoms with Crippen molar-refractivity contribution in [1.82, 2.24) is 0 Å². The molecular formula is C18H18F3N3O5S2. The molecule has 0 aliphatic rings. The van der Waals surface area contributed by atoms with E-state index in [1.807, 2.05) is 0 Å². The maximum atomic E-state index is 13.1. The molecule has 2 aromatic carbocycles. The summed E-state index contributed by atoms with van der Waals surface area (Å²) in [6.45, 7) is 1.58. The third kappa shape index (κ3) is 5.22. The number of carbonyl (C=O) groups is 1. The van der Waals surface area contributed by atoms with E-state index in [4.69, 9.17) is 11.5 Å². The number of aliphatic imine (C=N–C) groups is 1. The standard InChI is InChI=1S/C18H18F3N3O5S2/c1-3-10-8-15(14(30(2,26)27)9-13(10)16(25)24-17(22)23)31(28,29)12-6-4-11(5-7-12)18(19,20)21/h4-9H,3H2,1-2H3,(H4,22,23,24,25). The zero-order valence-electron chi connectivity index (χ0n) is 16.3. The van der Waals surface area contributed by atoms with Crippen LogP contribution in [0.2, 0.25) is 0 Å². The van der Waals surface area contributed by atoms with Gasteiger partial charge in [0.25, 0.3) is 5.91 Å². The van der Waals surface area contributed by atoms with Gasteiger partial charge in [-0.25, -0.2) is 16.8 Å². The fourth-order valence-corrected chi connectivity index (χ4v) is 5.63. The summed E-state index contributed by atoms with van der Waals surface area (Å²) in [6.07, 6.45) is -3.84. The van der Waals surface area contributed by atoms with Gasteiger partial charge in [0.05, 0.1) is 20.2 Å². The van der Waals surface area contributed by atoms with E-state index in [1.54, 1.807) is 6.92 Å². The molecule has 4 N–H and O–H groups in total. The van der Waals surface area contributed by atoms with Crippen molar-refractivity contribution >= 4 is 31.5 Å². The van der Waals surface area contributed by atoms with Crippen molar-refractivity contribution in [2.24, 2.45) is 16.5 Å². The third-order valence-corrected chi connectivity index (χ3v) is 7.27. The van der Waals surface area contributed by atoms with Crippen molar-refractivity contribution in [3.05, 3.63) is 53.1 Å². The Labute approximate surface area is 176 Å². The van der Waals surface area contributed by atoms with Gasteiger partial charge >= 0.3 is 6.18 Å². The highest BCUT2D eigenvalue weighted by molar-refractivity contribution is 7.94. The molecule has 168 valence electrons. The molecule has 31 heavy (non-hydrogen) atoms. The van der Waals surface area contributed by atoms with E-state index in [0.717, 1.165) is 30.5 Å². The first-order valence-electron chi connectivity index (χ1n) is 8.52. The van der Waals surface area contributed by atoms with Crippen LogP contribution in [0.15, 0.2) is 56.1 Å². The Balaban J connectivity index is 2.80. The molecule has 0 saturated carbocycles. The van der Waals surface area contributed by atoms with Crippen LogP contribution in [-0.4, -0.2) is 35.0 Å². The monoisotopic (exact) mass is 477 g/mol. The molecule has 0 aliphatic heterocycles. The van der Waals surface area contributed by atoms with Gasteiger partial charge in [-0.1, -0.05) is 6.92 Å². The number of carbonyl (C=O) groups excluding carboxylic acids is 1. The van der Waals surface area contributed by atoms with Gasteiger partial charge in [-0.15, -0.1) is 0 Å². The predicted molar refractivity (Wildman–Crippen MR) is 106 cm³/mol. The Hall–Kier alpha value is -2.93. The van der Waals surface area contributed by atoms with E-state index in [-0.39, 0.29) is 17.5 Å². The van der Waals surface area contributed by atoms with Crippen LogP contribution < -0.4 is 11.5 Å². The van der Waals surface area contributed by atoms with Crippen LogP contribution in [0, 0.1) is 0 Å². The molecule has 1 amide bonds. The van der Waals surface area contributed by atoms with Gasteiger partial charge in [0.2, 0.25) is 9.84 Å². The molecule has 2 rings (SSSR count). The van der Waals surface area contributed by atoms with Crippen molar-refractivity contribution in [3.63, 3.8) is 0 Å². The lowest BCUT2D eigenvalue weighted by atomic mass is 10.0. The molecule has 0 atom stereocenters. The van der Waals surface area contributed by atoms with Crippen molar-refractivity contribution < 1.29 is 34.8 Å². The Morgan fingerprint density at radius 3 is 1.97 bits per heavy atom. The largest absolute Gasteiger partial charge is 0.416 e. The summed E-state index contributed by atoms with van der Waals surface area (Å²) in [5.74, 6) is -1.55. The summed E-state index contributed by atoms with van der Waals surface area (Å²) in [4.78, 5) is 13.7. The van der Waals surface area contributed by atoms with Crippen LogP contribution in [0.1, 0.15) is 28.4 Å². The molecule has 0 unspecified atom stereocenters. The third-order valence-electron chi connectivity index (χ3n) is 4.19. The number of guanidine groups is 1. The molecule has 0 bridgehead atoms. The van der Waals surface area contributed by atoms with Gasteiger partial charge in [-0.2, -0.15) is 18.2 Å². The van der Waals surface area contributed by atoms with Gasteiger partial charge < -0.3 is 11.5 Å². The zero-order valence-corrected chi connectivity index (χ0v) is 17.9. The van der Waals surface area contributed by atoms with E-state index in [2.05, 4.69) is 4.99 Å². The Morgan fingerprint density at radius 2 is 1.55 bits per heavy atom. The number of nitrogens with zero attached hydrogens (tertiary/aromatic N) is 1. The van der Waals surface area contributed by atoms with Crippen LogP contribution in [0.25, 0.3) is 0 Å². The lowest BCUT2D eigenvalue weighted by molar-refractivity contribution is -0.137. The molecule has 0 aliphatic carbocycles. The number of nitrogens with two attached hydrogens (primary N) is 2. The molecule has 0 saturated heterocycles. The van der Waals surface area contributed by atoms with Crippen molar-refractivity contribution in [3.8, 4) is 0 Å². The molecular weight excluding hydrogens is 459 g/mol. The summed E-state index contributed by atoms with van der Waals surface area (Å²) in [6, 6.07) is 4.44. The van der Waals surface area contributed by atoms with E-state index >= 15 is 0 Å². The number of rotatable bonds is 5. The van der Waals surface area contributed by atoms with Gasteiger partial charge in [-0.3, -0.25) is 4.79 Å². The highest BCUT2D eigenvalue weighted by Gasteiger charge is 2.32. The smallest absolute Gasteiger partial charge is 0.370 e. The fraction of sp³-hybridized carbons (Fsp3) is 0.222. The Bertz CT molecular complexity index is 1260. The highest BCUT2D eigenvalue weighted by atomic mass is 32.2. The van der Waals surface area contributed by atoms with Crippen LogP contribution in [0.5, 0.6) is 0 Å². The van der Waals surface area contributed by atoms with Gasteiger partial charge in [0.1, 0.15) is 0 Å². The minimum atomic E-state index is -4.68. The summed E-state index contributed by atoms with van der Waals surface area (Å²) >= 11 is 0. The summed E-state index contributed by atoms with van der Waals surface area (Å²) < 4.78 is 89.1. The maximum absolute atomic E-state index is 13.1. The Kier molecular flexibility index (Phi) is 6.52. The fourth-order valence-electron chi connectivity index (χ4n) is 2.72. The Morgan fingerprint density at radius 1 is 1.00 bits per heavy atom. The lowest BCUT2D eigenvalue weighted by Gasteiger charge is -2.14. The summed E-state index contributed by atoms with van der Waals surface area (Å²) in [5.41, 5.74) is 9.20. The minimum Gasteiger partial charge on any atom is -0.370 e. The molecule has 0 radical (unpaired) electrons. The second kappa shape index (κ2) is 8.30. The first kappa shape index (κ1) is 24.3. The first-order valence-corrected chi connectivity index (χ1v) is 11.9. The maximum Gasteiger partial charge on any atom is 0.416 e. The second-order valence-corrected chi connectivity index (χ2v) is 10.4. The van der Waals surface area contributed by atoms with E-state index in [0.29, 0.717) is 12.1 Å². The van der Waals surface area contributed by atoms with Crippen molar-refractivity contribution in [1.29, 1.82) is 0 Å². The highest BCUT2D eigenvalue weighted by Crippen LogP contribution is 2.33. The second-order valence-electron chi connectivity index (χ2n) is 6.45. The quantitative estimate of drug-likeness (QED) is 0.493. The first-order chi connectivity index (χ1) is 14.1. The van der Waals surface area contributed by atoms with E-state index in [9.17, 15) is 34.8 Å². The van der Waals surface area contributed by atoms with Crippen LogP contribution >= 0.6 is 0 Å². The van der Waals surface area contributed by atoms with E-state index < -0.39 is 58.0 Å². The van der Waals surface area contributed by atoms with Crippen LogP contribution in [-0.2, 0) is 32.3 Å². The summed E-state index contributed by atoms with van der Waals surface area (Å²) in [5, 5.41) is 0. The molecule has 0 fully saturated rings. The molecule has 0 heterocycles. The SMILES string of the molecule is CCc1cc(S(=O)(=O)c2ccc(C(F)(F)F)cc2)c(S(C)(=O)=O)cc1C(=O)N=C(N)N. The number of hydrogen-bond donors (Lipinski definition) is 2. The molecule has 13 heteroatoms. The number of benzene rings is 2. The minimum absolute atomic E-state index is 0.112. The van der Waals surface area contributed by atoms with Gasteiger partial charge in [0, 0.05) is 11.8 Å². The van der Waals surface area contributed by atoms with Crippen molar-refractivity contribution in [2.45, 2.75) is 34.2 Å². The number of alkyl halides is 3.